The molecular formula is C21H25FN4O. The largest absolute Gasteiger partial charge is 0.385 e. The first kappa shape index (κ1) is 17.9. The Labute approximate surface area is 159 Å². The van der Waals surface area contributed by atoms with Crippen molar-refractivity contribution in [1.29, 1.82) is 0 Å². The van der Waals surface area contributed by atoms with Crippen LogP contribution in [-0.4, -0.2) is 50.1 Å². The number of benzene rings is 2. The molecule has 5 nitrogen and oxygen atoms in total. The van der Waals surface area contributed by atoms with Crippen LogP contribution in [0.25, 0.3) is 0 Å². The molecule has 142 valence electrons. The third-order valence-corrected chi connectivity index (χ3v) is 5.10. The quantitative estimate of drug-likeness (QED) is 0.869. The fourth-order valence-corrected chi connectivity index (χ4v) is 3.69. The number of anilines is 2. The van der Waals surface area contributed by atoms with E-state index in [0.29, 0.717) is 11.7 Å². The molecule has 0 aliphatic carbocycles. The average Bonchev–Trinajstić information content (AvgIpc) is 2.83. The van der Waals surface area contributed by atoms with Gasteiger partial charge in [-0.2, -0.15) is 0 Å². The summed E-state index contributed by atoms with van der Waals surface area (Å²) in [5, 5.41) is 6.98. The maximum absolute atomic E-state index is 13.9. The minimum absolute atomic E-state index is 0.279. The van der Waals surface area contributed by atoms with Crippen molar-refractivity contribution in [2.24, 2.45) is 4.99 Å². The highest BCUT2D eigenvalue weighted by Crippen LogP contribution is 2.35. The predicted octanol–water partition coefficient (Wildman–Crippen LogP) is 3.58. The molecule has 1 saturated heterocycles. The summed E-state index contributed by atoms with van der Waals surface area (Å²) < 4.78 is 19.1. The average molecular weight is 368 g/mol. The molecule has 0 aromatic heterocycles. The van der Waals surface area contributed by atoms with Gasteiger partial charge in [0.2, 0.25) is 0 Å². The molecule has 2 aromatic carbocycles. The van der Waals surface area contributed by atoms with Crippen LogP contribution in [0.2, 0.25) is 0 Å². The zero-order valence-corrected chi connectivity index (χ0v) is 15.8. The Hall–Kier alpha value is -2.44. The summed E-state index contributed by atoms with van der Waals surface area (Å²) in [4.78, 5) is 7.20. The second kappa shape index (κ2) is 7.66. The Morgan fingerprint density at radius 3 is 2.93 bits per heavy atom. The van der Waals surface area contributed by atoms with Gasteiger partial charge in [-0.3, -0.25) is 0 Å². The van der Waals surface area contributed by atoms with Gasteiger partial charge in [-0.25, -0.2) is 9.38 Å². The molecule has 0 spiro atoms. The Kier molecular flexibility index (Phi) is 5.09. The number of piperazine rings is 1. The molecule has 27 heavy (non-hydrogen) atoms. The van der Waals surface area contributed by atoms with Crippen molar-refractivity contribution < 1.29 is 9.13 Å². The van der Waals surface area contributed by atoms with E-state index in [9.17, 15) is 4.39 Å². The molecule has 4 rings (SSSR count). The number of fused-ring (bicyclic) bond motifs is 2. The number of ether oxygens (including phenoxy) is 1. The third kappa shape index (κ3) is 3.82. The number of halogens is 1. The lowest BCUT2D eigenvalue weighted by molar-refractivity contribution is 0.168. The van der Waals surface area contributed by atoms with Crippen molar-refractivity contribution in [1.82, 2.24) is 10.2 Å². The zero-order valence-electron chi connectivity index (χ0n) is 15.8. The lowest BCUT2D eigenvalue weighted by Crippen LogP contribution is -2.53. The summed E-state index contributed by atoms with van der Waals surface area (Å²) in [6, 6.07) is 11.4. The van der Waals surface area contributed by atoms with Crippen LogP contribution in [0, 0.1) is 12.7 Å². The predicted molar refractivity (Wildman–Crippen MR) is 107 cm³/mol. The normalized spacial score (nSPS) is 18.9. The fourth-order valence-electron chi connectivity index (χ4n) is 3.69. The number of amidine groups is 1. The number of aliphatic imine (C=N–C) groups is 1. The number of hydrogen-bond acceptors (Lipinski definition) is 5. The number of rotatable bonds is 3. The summed E-state index contributed by atoms with van der Waals surface area (Å²) in [5.74, 6) is 0.619. The molecule has 6 heteroatoms. The molecule has 2 N–H and O–H groups in total. The molecule has 2 heterocycles. The summed E-state index contributed by atoms with van der Waals surface area (Å²) in [7, 11) is 1.73. The Morgan fingerprint density at radius 1 is 1.22 bits per heavy atom. The zero-order chi connectivity index (χ0) is 18.8. The molecule has 0 amide bonds. The van der Waals surface area contributed by atoms with Crippen LogP contribution in [0.3, 0.4) is 0 Å². The molecule has 1 fully saturated rings. The van der Waals surface area contributed by atoms with Crippen molar-refractivity contribution >= 4 is 22.9 Å². The lowest BCUT2D eigenvalue weighted by atomic mass is 10.1. The number of methoxy groups -OCH3 is 1. The first-order valence-corrected chi connectivity index (χ1v) is 9.37. The van der Waals surface area contributed by atoms with Crippen LogP contribution in [0.5, 0.6) is 0 Å². The minimum atomic E-state index is -0.279. The van der Waals surface area contributed by atoms with E-state index in [1.807, 2.05) is 0 Å². The van der Waals surface area contributed by atoms with E-state index in [2.05, 4.69) is 40.7 Å². The number of aryl methyl sites for hydroxylation is 1. The Balaban J connectivity index is 1.75. The molecule has 0 saturated carbocycles. The standard InChI is InChI=1S/C21H25FN4O/c1-14-3-5-18-17(11-14)21(25-20-12-15(22)4-6-19(20)24-18)26-9-8-23-16(13-26)7-10-27-2/h3-6,11-12,16,23-24H,7-10,13H2,1-2H3. The second-order valence-corrected chi connectivity index (χ2v) is 7.15. The number of hydrogen-bond donors (Lipinski definition) is 2. The lowest BCUT2D eigenvalue weighted by Gasteiger charge is -2.36. The molecule has 2 aliphatic heterocycles. The SMILES string of the molecule is COCCC1CN(C2=Nc3cc(F)ccc3Nc3ccc(C)cc32)CCN1. The van der Waals surface area contributed by atoms with Gasteiger partial charge in [0.15, 0.2) is 0 Å². The summed E-state index contributed by atoms with van der Waals surface area (Å²) >= 11 is 0. The molecule has 1 atom stereocenters. The van der Waals surface area contributed by atoms with E-state index in [0.717, 1.165) is 55.4 Å². The van der Waals surface area contributed by atoms with Gasteiger partial charge in [0.05, 0.1) is 11.4 Å². The highest BCUT2D eigenvalue weighted by molar-refractivity contribution is 6.07. The summed E-state index contributed by atoms with van der Waals surface area (Å²) in [5.41, 5.74) is 4.68. The van der Waals surface area contributed by atoms with Gasteiger partial charge in [-0.1, -0.05) is 11.6 Å². The van der Waals surface area contributed by atoms with E-state index >= 15 is 0 Å². The van der Waals surface area contributed by atoms with Crippen LogP contribution >= 0.6 is 0 Å². The summed E-state index contributed by atoms with van der Waals surface area (Å²) in [6.07, 6.45) is 0.949. The van der Waals surface area contributed by atoms with Crippen LogP contribution in [0.1, 0.15) is 17.5 Å². The van der Waals surface area contributed by atoms with Gasteiger partial charge in [0.1, 0.15) is 11.7 Å². The van der Waals surface area contributed by atoms with Gasteiger partial charge < -0.3 is 20.3 Å². The van der Waals surface area contributed by atoms with Crippen molar-refractivity contribution in [2.45, 2.75) is 19.4 Å². The molecule has 2 aliphatic rings. The van der Waals surface area contributed by atoms with E-state index < -0.39 is 0 Å². The van der Waals surface area contributed by atoms with Gasteiger partial charge in [-0.15, -0.1) is 0 Å². The first-order chi connectivity index (χ1) is 13.1. The highest BCUT2D eigenvalue weighted by atomic mass is 19.1. The summed E-state index contributed by atoms with van der Waals surface area (Å²) in [6.45, 7) is 5.40. The van der Waals surface area contributed by atoms with E-state index in [4.69, 9.17) is 9.73 Å². The maximum atomic E-state index is 13.9. The van der Waals surface area contributed by atoms with Crippen molar-refractivity contribution in [2.75, 3.05) is 38.7 Å². The molecule has 1 unspecified atom stereocenters. The maximum Gasteiger partial charge on any atom is 0.138 e. The van der Waals surface area contributed by atoms with E-state index in [-0.39, 0.29) is 5.82 Å². The monoisotopic (exact) mass is 368 g/mol. The van der Waals surface area contributed by atoms with Crippen LogP contribution in [0.4, 0.5) is 21.5 Å². The van der Waals surface area contributed by atoms with Gasteiger partial charge in [0.25, 0.3) is 0 Å². The number of nitrogens with zero attached hydrogens (tertiary/aromatic N) is 2. The van der Waals surface area contributed by atoms with Crippen molar-refractivity contribution in [3.8, 4) is 0 Å². The van der Waals surface area contributed by atoms with Gasteiger partial charge >= 0.3 is 0 Å². The fraction of sp³-hybridized carbons (Fsp3) is 0.381. The van der Waals surface area contributed by atoms with Crippen LogP contribution < -0.4 is 10.6 Å². The van der Waals surface area contributed by atoms with Gasteiger partial charge in [-0.05, 0) is 37.6 Å². The molecule has 2 aromatic rings. The first-order valence-electron chi connectivity index (χ1n) is 9.37. The minimum Gasteiger partial charge on any atom is -0.385 e. The number of nitrogens with one attached hydrogen (secondary N) is 2. The highest BCUT2D eigenvalue weighted by Gasteiger charge is 2.26. The molecular weight excluding hydrogens is 343 g/mol. The van der Waals surface area contributed by atoms with Crippen molar-refractivity contribution in [3.63, 3.8) is 0 Å². The van der Waals surface area contributed by atoms with E-state index in [1.54, 1.807) is 13.2 Å². The second-order valence-electron chi connectivity index (χ2n) is 7.15. The molecule has 0 bridgehead atoms. The van der Waals surface area contributed by atoms with E-state index in [1.165, 1.54) is 17.7 Å². The van der Waals surface area contributed by atoms with Crippen molar-refractivity contribution in [3.05, 3.63) is 53.3 Å². The Bertz CT molecular complexity index is 867. The third-order valence-electron chi connectivity index (χ3n) is 5.10. The Morgan fingerprint density at radius 2 is 2.07 bits per heavy atom. The van der Waals surface area contributed by atoms with Gasteiger partial charge in [0, 0.05) is 56.7 Å². The smallest absolute Gasteiger partial charge is 0.138 e. The molecule has 0 radical (unpaired) electrons. The van der Waals surface area contributed by atoms with Crippen LogP contribution in [-0.2, 0) is 4.74 Å². The topological polar surface area (TPSA) is 48.9 Å². The van der Waals surface area contributed by atoms with Crippen LogP contribution in [0.15, 0.2) is 41.4 Å².